The normalized spacial score (nSPS) is 13.8. The molecule has 0 unspecified atom stereocenters. The van der Waals surface area contributed by atoms with E-state index in [4.69, 9.17) is 26.8 Å². The minimum Gasteiger partial charge on any atom is -0.495 e. The number of aromatic nitrogens is 2. The Morgan fingerprint density at radius 1 is 1.12 bits per heavy atom. The van der Waals surface area contributed by atoms with E-state index >= 15 is 0 Å². The van der Waals surface area contributed by atoms with Crippen LogP contribution < -0.4 is 21.1 Å². The van der Waals surface area contributed by atoms with Crippen molar-refractivity contribution in [2.45, 2.75) is 17.7 Å². The summed E-state index contributed by atoms with van der Waals surface area (Å²) in [6, 6.07) is 10.6. The Bertz CT molecular complexity index is 1500. The number of hydrogen-bond donors (Lipinski definition) is 3. The van der Waals surface area contributed by atoms with E-state index in [1.807, 2.05) is 12.1 Å². The van der Waals surface area contributed by atoms with E-state index in [1.165, 1.54) is 31.9 Å². The second kappa shape index (κ2) is 13.4. The fourth-order valence-corrected chi connectivity index (χ4v) is 5.57. The van der Waals surface area contributed by atoms with Crippen LogP contribution in [0.15, 0.2) is 47.5 Å². The van der Waals surface area contributed by atoms with Crippen molar-refractivity contribution in [2.24, 2.45) is 5.73 Å². The topological polar surface area (TPSA) is 152 Å². The van der Waals surface area contributed by atoms with E-state index in [1.54, 1.807) is 25.3 Å². The minimum absolute atomic E-state index is 0.0909. The molecule has 0 aliphatic carbocycles. The van der Waals surface area contributed by atoms with Crippen LogP contribution in [0.1, 0.15) is 11.1 Å². The summed E-state index contributed by atoms with van der Waals surface area (Å²) in [5.41, 5.74) is 8.65. The number of methoxy groups -OCH3 is 1. The van der Waals surface area contributed by atoms with Crippen molar-refractivity contribution >= 4 is 50.7 Å². The summed E-state index contributed by atoms with van der Waals surface area (Å²) in [4.78, 5) is 22.5. The van der Waals surface area contributed by atoms with Gasteiger partial charge in [0, 0.05) is 33.7 Å². The first-order valence-corrected chi connectivity index (χ1v) is 14.8. The summed E-state index contributed by atoms with van der Waals surface area (Å²) >= 11 is 6.39. The Balaban J connectivity index is 1.53. The zero-order chi connectivity index (χ0) is 29.6. The van der Waals surface area contributed by atoms with Gasteiger partial charge in [0.25, 0.3) is 0 Å². The smallest absolute Gasteiger partial charge is 0.319 e. The molecule has 4 N–H and O–H groups in total. The number of benzene rings is 2. The molecule has 0 amide bonds. The standard InChI is InChI=1S/C27H34ClN7O5S/c1-34(2)41(37,38)24-7-5-4-6-21(24)31-26-20(28)17-30-27(33-26)32-22-14-18-8-10-35(12-13-40-25(36)16-29)11-9-19(18)15-23(22)39-3/h4-7,14-15,17H,8-13,16,29H2,1-3H3,(H2,30,31,32,33). The first kappa shape index (κ1) is 30.5. The van der Waals surface area contributed by atoms with Gasteiger partial charge < -0.3 is 25.8 Å². The van der Waals surface area contributed by atoms with Gasteiger partial charge in [0.15, 0.2) is 5.82 Å². The van der Waals surface area contributed by atoms with E-state index in [0.717, 1.165) is 35.8 Å². The Hall–Kier alpha value is -3.49. The Morgan fingerprint density at radius 2 is 1.83 bits per heavy atom. The predicted octanol–water partition coefficient (Wildman–Crippen LogP) is 2.78. The molecule has 0 saturated carbocycles. The van der Waals surface area contributed by atoms with Crippen LogP contribution in [0.2, 0.25) is 5.02 Å². The lowest BCUT2D eigenvalue weighted by Gasteiger charge is -2.19. The number of sulfonamides is 1. The lowest BCUT2D eigenvalue weighted by atomic mass is 10.0. The summed E-state index contributed by atoms with van der Waals surface area (Å²) in [5.74, 6) is 0.712. The third-order valence-electron chi connectivity index (χ3n) is 6.64. The number of rotatable bonds is 11. The van der Waals surface area contributed by atoms with Crippen LogP contribution in [-0.2, 0) is 32.4 Å². The molecule has 0 radical (unpaired) electrons. The van der Waals surface area contributed by atoms with Gasteiger partial charge in [-0.3, -0.25) is 9.69 Å². The summed E-state index contributed by atoms with van der Waals surface area (Å²) in [6.45, 7) is 2.44. The van der Waals surface area contributed by atoms with Crippen molar-refractivity contribution in [3.8, 4) is 5.75 Å². The molecule has 41 heavy (non-hydrogen) atoms. The fraction of sp³-hybridized carbons (Fsp3) is 0.370. The lowest BCUT2D eigenvalue weighted by molar-refractivity contribution is -0.142. The van der Waals surface area contributed by atoms with Gasteiger partial charge in [-0.2, -0.15) is 4.98 Å². The number of esters is 1. The lowest BCUT2D eigenvalue weighted by Crippen LogP contribution is -2.31. The SMILES string of the molecule is COc1cc2c(cc1Nc1ncc(Cl)c(Nc3ccccc3S(=O)(=O)N(C)C)n1)CCN(CCOC(=O)CN)CC2. The fourth-order valence-electron chi connectivity index (χ4n) is 4.39. The molecule has 2 heterocycles. The number of nitrogens with zero attached hydrogens (tertiary/aromatic N) is 4. The van der Waals surface area contributed by atoms with E-state index in [2.05, 4.69) is 25.5 Å². The van der Waals surface area contributed by atoms with Gasteiger partial charge in [0.1, 0.15) is 22.3 Å². The van der Waals surface area contributed by atoms with Crippen LogP contribution in [0.5, 0.6) is 5.75 Å². The highest BCUT2D eigenvalue weighted by Gasteiger charge is 2.22. The Morgan fingerprint density at radius 3 is 2.51 bits per heavy atom. The highest BCUT2D eigenvalue weighted by atomic mass is 35.5. The number of nitrogens with one attached hydrogen (secondary N) is 2. The highest BCUT2D eigenvalue weighted by molar-refractivity contribution is 7.89. The monoisotopic (exact) mass is 603 g/mol. The van der Waals surface area contributed by atoms with Gasteiger partial charge in [0.05, 0.1) is 31.2 Å². The Labute approximate surface area is 244 Å². The number of hydrogen-bond acceptors (Lipinski definition) is 11. The summed E-state index contributed by atoms with van der Waals surface area (Å²) in [7, 11) is 0.823. The van der Waals surface area contributed by atoms with Crippen LogP contribution in [0, 0.1) is 0 Å². The summed E-state index contributed by atoms with van der Waals surface area (Å²) in [6.07, 6.45) is 3.05. The van der Waals surface area contributed by atoms with E-state index in [-0.39, 0.29) is 28.2 Å². The minimum atomic E-state index is -3.71. The van der Waals surface area contributed by atoms with Gasteiger partial charge in [0.2, 0.25) is 16.0 Å². The molecule has 0 spiro atoms. The van der Waals surface area contributed by atoms with Crippen LogP contribution >= 0.6 is 11.6 Å². The maximum atomic E-state index is 12.8. The van der Waals surface area contributed by atoms with Crippen molar-refractivity contribution < 1.29 is 22.7 Å². The largest absolute Gasteiger partial charge is 0.495 e. The first-order valence-electron chi connectivity index (χ1n) is 13.0. The molecule has 0 bridgehead atoms. The van der Waals surface area contributed by atoms with Crippen LogP contribution in [0.3, 0.4) is 0 Å². The van der Waals surface area contributed by atoms with Gasteiger partial charge in [-0.05, 0) is 48.2 Å². The van der Waals surface area contributed by atoms with E-state index < -0.39 is 16.0 Å². The van der Waals surface area contributed by atoms with Crippen LogP contribution in [-0.4, -0.2) is 87.6 Å². The molecule has 0 atom stereocenters. The average molecular weight is 604 g/mol. The van der Waals surface area contributed by atoms with E-state index in [9.17, 15) is 13.2 Å². The number of halogens is 1. The van der Waals surface area contributed by atoms with Gasteiger partial charge in [-0.1, -0.05) is 23.7 Å². The quantitative estimate of drug-likeness (QED) is 0.277. The predicted molar refractivity (Wildman–Crippen MR) is 158 cm³/mol. The molecule has 2 aromatic carbocycles. The molecule has 14 heteroatoms. The van der Waals surface area contributed by atoms with Crippen molar-refractivity contribution in [3.05, 3.63) is 58.7 Å². The molecule has 1 aliphatic heterocycles. The summed E-state index contributed by atoms with van der Waals surface area (Å²) in [5, 5.41) is 6.48. The average Bonchev–Trinajstić information content (AvgIpc) is 3.16. The van der Waals surface area contributed by atoms with Crippen molar-refractivity contribution in [1.29, 1.82) is 0 Å². The van der Waals surface area contributed by atoms with Crippen molar-refractivity contribution in [2.75, 3.05) is 64.6 Å². The summed E-state index contributed by atoms with van der Waals surface area (Å²) < 4.78 is 37.6. The van der Waals surface area contributed by atoms with Gasteiger partial charge >= 0.3 is 5.97 Å². The number of carbonyl (C=O) groups is 1. The molecular formula is C27H34ClN7O5S. The van der Waals surface area contributed by atoms with Crippen molar-refractivity contribution in [1.82, 2.24) is 19.2 Å². The molecule has 1 aliphatic rings. The molecule has 220 valence electrons. The molecule has 4 rings (SSSR count). The number of anilines is 4. The second-order valence-electron chi connectivity index (χ2n) is 9.51. The molecular weight excluding hydrogens is 570 g/mol. The third kappa shape index (κ3) is 7.43. The number of carbonyl (C=O) groups excluding carboxylic acids is 1. The molecule has 3 aromatic rings. The highest BCUT2D eigenvalue weighted by Crippen LogP contribution is 2.34. The molecule has 1 aromatic heterocycles. The number of nitrogens with two attached hydrogens (primary N) is 1. The second-order valence-corrected chi connectivity index (χ2v) is 12.0. The maximum absolute atomic E-state index is 12.8. The first-order chi connectivity index (χ1) is 19.6. The third-order valence-corrected chi connectivity index (χ3v) is 8.79. The van der Waals surface area contributed by atoms with Gasteiger partial charge in [-0.15, -0.1) is 0 Å². The maximum Gasteiger partial charge on any atom is 0.319 e. The molecule has 12 nitrogen and oxygen atoms in total. The zero-order valence-corrected chi connectivity index (χ0v) is 24.8. The Kier molecular flexibility index (Phi) is 9.99. The van der Waals surface area contributed by atoms with Gasteiger partial charge in [-0.25, -0.2) is 17.7 Å². The van der Waals surface area contributed by atoms with E-state index in [0.29, 0.717) is 30.3 Å². The van der Waals surface area contributed by atoms with Crippen molar-refractivity contribution in [3.63, 3.8) is 0 Å². The van der Waals surface area contributed by atoms with Crippen LogP contribution in [0.4, 0.5) is 23.1 Å². The number of fused-ring (bicyclic) bond motifs is 1. The molecule has 0 saturated heterocycles. The molecule has 0 fully saturated rings. The van der Waals surface area contributed by atoms with Crippen LogP contribution in [0.25, 0.3) is 0 Å². The number of ether oxygens (including phenoxy) is 2. The zero-order valence-electron chi connectivity index (χ0n) is 23.2. The number of para-hydroxylation sites is 1.